The number of benzene rings is 2. The Morgan fingerprint density at radius 3 is 2.33 bits per heavy atom. The first-order valence-electron chi connectivity index (χ1n) is 9.81. The van der Waals surface area contributed by atoms with Gasteiger partial charge in [-0.05, 0) is 42.5 Å². The molecule has 0 radical (unpaired) electrons. The number of hydrogen-bond donors (Lipinski definition) is 1. The Labute approximate surface area is 198 Å². The molecule has 180 valence electrons. The first-order valence-corrected chi connectivity index (χ1v) is 13.5. The Morgan fingerprint density at radius 1 is 1.12 bits per heavy atom. The van der Waals surface area contributed by atoms with Gasteiger partial charge in [0.1, 0.15) is 12.3 Å². The number of halogens is 1. The molecule has 0 aliphatic carbocycles. The number of methoxy groups -OCH3 is 1. The largest absolute Gasteiger partial charge is 0.495 e. The number of nitrogens with one attached hydrogen (secondary N) is 1. The molecule has 0 spiro atoms. The van der Waals surface area contributed by atoms with E-state index < -0.39 is 32.5 Å². The van der Waals surface area contributed by atoms with Crippen LogP contribution in [0.2, 0.25) is 5.02 Å². The van der Waals surface area contributed by atoms with Crippen LogP contribution in [0, 0.1) is 0 Å². The number of amides is 1. The number of sulfonamides is 2. The van der Waals surface area contributed by atoms with Crippen molar-refractivity contribution in [2.45, 2.75) is 4.90 Å². The Morgan fingerprint density at radius 2 is 1.76 bits per heavy atom. The minimum Gasteiger partial charge on any atom is -0.495 e. The molecule has 33 heavy (non-hydrogen) atoms. The zero-order chi connectivity index (χ0) is 24.2. The van der Waals surface area contributed by atoms with Crippen LogP contribution in [0.25, 0.3) is 0 Å². The molecule has 0 unspecified atom stereocenters. The molecule has 1 N–H and O–H groups in total. The summed E-state index contributed by atoms with van der Waals surface area (Å²) < 4.78 is 62.9. The van der Waals surface area contributed by atoms with Gasteiger partial charge in [0.15, 0.2) is 0 Å². The molecule has 1 heterocycles. The molecule has 1 fully saturated rings. The summed E-state index contributed by atoms with van der Waals surface area (Å²) in [7, 11) is -6.17. The molecule has 1 aliphatic rings. The van der Waals surface area contributed by atoms with Crippen LogP contribution in [-0.2, 0) is 29.6 Å². The van der Waals surface area contributed by atoms with E-state index in [-0.39, 0.29) is 29.4 Å². The summed E-state index contributed by atoms with van der Waals surface area (Å²) in [4.78, 5) is 12.6. The number of nitrogens with zero attached hydrogens (tertiary/aromatic N) is 2. The van der Waals surface area contributed by atoms with E-state index in [1.54, 1.807) is 12.1 Å². The third kappa shape index (κ3) is 6.15. The van der Waals surface area contributed by atoms with E-state index in [4.69, 9.17) is 21.1 Å². The highest BCUT2D eigenvalue weighted by atomic mass is 35.5. The first-order chi connectivity index (χ1) is 15.5. The molecule has 3 rings (SSSR count). The summed E-state index contributed by atoms with van der Waals surface area (Å²) in [6, 6.07) is 9.97. The van der Waals surface area contributed by atoms with Crippen molar-refractivity contribution in [1.29, 1.82) is 0 Å². The topological polar surface area (TPSA) is 122 Å². The lowest BCUT2D eigenvalue weighted by Crippen LogP contribution is -2.40. The lowest BCUT2D eigenvalue weighted by atomic mass is 10.3. The first kappa shape index (κ1) is 25.2. The SMILES string of the molecule is COc1ccc(Cl)cc1NC(=O)CN(c1ccc(S(=O)(=O)N2CCOCC2)cc1)S(C)(=O)=O. The van der Waals surface area contributed by atoms with Crippen LogP contribution < -0.4 is 14.4 Å². The van der Waals surface area contributed by atoms with Crippen molar-refractivity contribution in [3.05, 3.63) is 47.5 Å². The average Bonchev–Trinajstić information content (AvgIpc) is 2.77. The molecule has 0 aromatic heterocycles. The van der Waals surface area contributed by atoms with Crippen LogP contribution in [-0.4, -0.2) is 73.3 Å². The standard InChI is InChI=1S/C20H24ClN3O7S2/c1-30-19-8-3-15(21)13-18(19)22-20(25)14-24(32(2,26)27)16-4-6-17(7-5-16)33(28,29)23-9-11-31-12-10-23/h3-8,13H,9-12,14H2,1-2H3,(H,22,25). The van der Waals surface area contributed by atoms with Gasteiger partial charge < -0.3 is 14.8 Å². The monoisotopic (exact) mass is 517 g/mol. The Hall–Kier alpha value is -2.38. The van der Waals surface area contributed by atoms with Gasteiger partial charge in [0.2, 0.25) is 26.0 Å². The molecule has 2 aromatic carbocycles. The van der Waals surface area contributed by atoms with Crippen LogP contribution >= 0.6 is 11.6 Å². The second-order valence-corrected chi connectivity index (χ2v) is 11.5. The van der Waals surface area contributed by atoms with E-state index in [9.17, 15) is 21.6 Å². The van der Waals surface area contributed by atoms with Gasteiger partial charge in [0.25, 0.3) is 0 Å². The summed E-state index contributed by atoms with van der Waals surface area (Å²) in [5.41, 5.74) is 0.432. The Kier molecular flexibility index (Phi) is 7.85. The maximum absolute atomic E-state index is 12.8. The van der Waals surface area contributed by atoms with Gasteiger partial charge in [0, 0.05) is 18.1 Å². The Bertz CT molecular complexity index is 1210. The zero-order valence-corrected chi connectivity index (χ0v) is 20.4. The number of hydrogen-bond acceptors (Lipinski definition) is 7. The lowest BCUT2D eigenvalue weighted by Gasteiger charge is -2.26. The van der Waals surface area contributed by atoms with Crippen molar-refractivity contribution in [2.24, 2.45) is 0 Å². The van der Waals surface area contributed by atoms with E-state index in [1.165, 1.54) is 41.7 Å². The minimum atomic E-state index is -3.86. The predicted molar refractivity (Wildman–Crippen MR) is 125 cm³/mol. The molecule has 10 nitrogen and oxygen atoms in total. The number of morpholine rings is 1. The summed E-state index contributed by atoms with van der Waals surface area (Å²) in [5, 5.41) is 2.95. The van der Waals surface area contributed by atoms with Gasteiger partial charge in [-0.25, -0.2) is 16.8 Å². The van der Waals surface area contributed by atoms with Gasteiger partial charge in [-0.2, -0.15) is 4.31 Å². The average molecular weight is 518 g/mol. The Balaban J connectivity index is 1.81. The minimum absolute atomic E-state index is 0.0229. The fourth-order valence-electron chi connectivity index (χ4n) is 3.22. The van der Waals surface area contributed by atoms with Gasteiger partial charge >= 0.3 is 0 Å². The fourth-order valence-corrected chi connectivity index (χ4v) is 5.65. The predicted octanol–water partition coefficient (Wildman–Crippen LogP) is 1.77. The normalized spacial score (nSPS) is 15.1. The van der Waals surface area contributed by atoms with E-state index >= 15 is 0 Å². The number of carbonyl (C=O) groups excluding carboxylic acids is 1. The van der Waals surface area contributed by atoms with Crippen molar-refractivity contribution in [2.75, 3.05) is 55.8 Å². The number of ether oxygens (including phenoxy) is 2. The van der Waals surface area contributed by atoms with Gasteiger partial charge in [-0.15, -0.1) is 0 Å². The summed E-state index contributed by atoms with van der Waals surface area (Å²) in [6.45, 7) is 0.570. The van der Waals surface area contributed by atoms with E-state index in [2.05, 4.69) is 5.32 Å². The van der Waals surface area contributed by atoms with Crippen LogP contribution in [0.3, 0.4) is 0 Å². The van der Waals surface area contributed by atoms with Crippen LogP contribution in [0.1, 0.15) is 0 Å². The van der Waals surface area contributed by atoms with Gasteiger partial charge in [0.05, 0.1) is 42.8 Å². The number of rotatable bonds is 8. The van der Waals surface area contributed by atoms with Gasteiger partial charge in [-0.1, -0.05) is 11.6 Å². The smallest absolute Gasteiger partial charge is 0.245 e. The molecule has 1 amide bonds. The molecule has 2 aromatic rings. The zero-order valence-electron chi connectivity index (χ0n) is 18.0. The van der Waals surface area contributed by atoms with Crippen molar-refractivity contribution in [1.82, 2.24) is 4.31 Å². The fraction of sp³-hybridized carbons (Fsp3) is 0.350. The van der Waals surface area contributed by atoms with Crippen molar-refractivity contribution >= 4 is 48.9 Å². The lowest BCUT2D eigenvalue weighted by molar-refractivity contribution is -0.114. The van der Waals surface area contributed by atoms with Crippen molar-refractivity contribution in [3.8, 4) is 5.75 Å². The maximum Gasteiger partial charge on any atom is 0.245 e. The molecule has 0 saturated carbocycles. The molecule has 1 aliphatic heterocycles. The van der Waals surface area contributed by atoms with E-state index in [0.717, 1.165) is 10.6 Å². The van der Waals surface area contributed by atoms with Crippen LogP contribution in [0.5, 0.6) is 5.75 Å². The second kappa shape index (κ2) is 10.3. The van der Waals surface area contributed by atoms with E-state index in [1.807, 2.05) is 0 Å². The number of anilines is 2. The molecule has 13 heteroatoms. The highest BCUT2D eigenvalue weighted by Crippen LogP contribution is 2.28. The van der Waals surface area contributed by atoms with Crippen molar-refractivity contribution < 1.29 is 31.1 Å². The highest BCUT2D eigenvalue weighted by molar-refractivity contribution is 7.92. The summed E-state index contributed by atoms with van der Waals surface area (Å²) >= 11 is 5.97. The second-order valence-electron chi connectivity index (χ2n) is 7.17. The summed E-state index contributed by atoms with van der Waals surface area (Å²) in [6.07, 6.45) is 0.957. The van der Waals surface area contributed by atoms with E-state index in [0.29, 0.717) is 24.0 Å². The third-order valence-electron chi connectivity index (χ3n) is 4.86. The maximum atomic E-state index is 12.8. The molecular weight excluding hydrogens is 494 g/mol. The summed E-state index contributed by atoms with van der Waals surface area (Å²) in [5.74, 6) is -0.276. The molecule has 1 saturated heterocycles. The number of carbonyl (C=O) groups is 1. The third-order valence-corrected chi connectivity index (χ3v) is 8.14. The van der Waals surface area contributed by atoms with Crippen molar-refractivity contribution in [3.63, 3.8) is 0 Å². The molecule has 0 bridgehead atoms. The quantitative estimate of drug-likeness (QED) is 0.566. The van der Waals surface area contributed by atoms with Gasteiger partial charge in [-0.3, -0.25) is 9.10 Å². The van der Waals surface area contributed by atoms with Crippen LogP contribution in [0.15, 0.2) is 47.4 Å². The molecular formula is C20H24ClN3O7S2. The highest BCUT2D eigenvalue weighted by Gasteiger charge is 2.27. The van der Waals surface area contributed by atoms with Crippen LogP contribution in [0.4, 0.5) is 11.4 Å². The molecule has 0 atom stereocenters.